The quantitative estimate of drug-likeness (QED) is 0.860. The number of nitrogens with zero attached hydrogens (tertiary/aromatic N) is 1. The molecular formula is C10H11BrN2. The predicted octanol–water partition coefficient (Wildman–Crippen LogP) is 2.21. The first kappa shape index (κ1) is 10.2. The molecule has 1 rings (SSSR count). The van der Waals surface area contributed by atoms with E-state index in [1.807, 2.05) is 19.1 Å². The molecule has 1 aromatic rings. The van der Waals surface area contributed by atoms with Gasteiger partial charge in [0.05, 0.1) is 5.56 Å². The van der Waals surface area contributed by atoms with Crippen molar-refractivity contribution >= 4 is 15.9 Å². The highest BCUT2D eigenvalue weighted by molar-refractivity contribution is 9.10. The molecule has 2 nitrogen and oxygen atoms in total. The van der Waals surface area contributed by atoms with Crippen molar-refractivity contribution in [1.82, 2.24) is 0 Å². The summed E-state index contributed by atoms with van der Waals surface area (Å²) in [5, 5.41) is 8.77. The van der Waals surface area contributed by atoms with E-state index in [0.717, 1.165) is 16.5 Å². The summed E-state index contributed by atoms with van der Waals surface area (Å²) in [4.78, 5) is 0. The van der Waals surface area contributed by atoms with Crippen LogP contribution < -0.4 is 5.73 Å². The van der Waals surface area contributed by atoms with Gasteiger partial charge in [0.1, 0.15) is 6.07 Å². The summed E-state index contributed by atoms with van der Waals surface area (Å²) in [5.41, 5.74) is 7.44. The van der Waals surface area contributed by atoms with Crippen LogP contribution in [0, 0.1) is 11.3 Å². The van der Waals surface area contributed by atoms with Gasteiger partial charge in [-0.05, 0) is 40.9 Å². The van der Waals surface area contributed by atoms with E-state index < -0.39 is 0 Å². The van der Waals surface area contributed by atoms with E-state index in [1.165, 1.54) is 0 Å². The molecule has 2 N–H and O–H groups in total. The molecule has 0 spiro atoms. The van der Waals surface area contributed by atoms with Crippen LogP contribution in [0.1, 0.15) is 18.1 Å². The van der Waals surface area contributed by atoms with E-state index in [1.54, 1.807) is 6.07 Å². The van der Waals surface area contributed by atoms with Crippen molar-refractivity contribution in [2.45, 2.75) is 19.4 Å². The fourth-order valence-electron chi connectivity index (χ4n) is 1.17. The molecule has 1 aromatic carbocycles. The van der Waals surface area contributed by atoms with Crippen LogP contribution in [-0.2, 0) is 6.42 Å². The lowest BCUT2D eigenvalue weighted by molar-refractivity contribution is 0.736. The molecule has 68 valence electrons. The van der Waals surface area contributed by atoms with E-state index >= 15 is 0 Å². The van der Waals surface area contributed by atoms with Crippen molar-refractivity contribution in [3.63, 3.8) is 0 Å². The molecule has 1 atom stereocenters. The predicted molar refractivity (Wildman–Crippen MR) is 56.2 cm³/mol. The van der Waals surface area contributed by atoms with Gasteiger partial charge in [-0.1, -0.05) is 12.1 Å². The molecule has 0 aromatic heterocycles. The second kappa shape index (κ2) is 4.40. The maximum atomic E-state index is 8.77. The zero-order chi connectivity index (χ0) is 9.84. The van der Waals surface area contributed by atoms with Crippen molar-refractivity contribution in [1.29, 1.82) is 5.26 Å². The average Bonchev–Trinajstić information content (AvgIpc) is 2.08. The van der Waals surface area contributed by atoms with Crippen LogP contribution in [0.25, 0.3) is 0 Å². The first-order chi connectivity index (χ1) is 6.15. The van der Waals surface area contributed by atoms with Gasteiger partial charge in [-0.25, -0.2) is 0 Å². The second-order valence-electron chi connectivity index (χ2n) is 3.07. The lowest BCUT2D eigenvalue weighted by atomic mass is 10.1. The van der Waals surface area contributed by atoms with Crippen molar-refractivity contribution in [3.05, 3.63) is 33.8 Å². The number of nitriles is 1. The first-order valence-electron chi connectivity index (χ1n) is 4.08. The average molecular weight is 239 g/mol. The standard InChI is InChI=1S/C10H11BrN2/c1-7(13)5-8-3-2-4-9(6-12)10(8)11/h2-4,7H,5,13H2,1H3. The number of benzene rings is 1. The van der Waals surface area contributed by atoms with Crippen molar-refractivity contribution in [3.8, 4) is 6.07 Å². The topological polar surface area (TPSA) is 49.8 Å². The fraction of sp³-hybridized carbons (Fsp3) is 0.300. The number of hydrogen-bond donors (Lipinski definition) is 1. The third kappa shape index (κ3) is 2.55. The molecule has 0 amide bonds. The Bertz CT molecular complexity index is 339. The van der Waals surface area contributed by atoms with E-state index in [0.29, 0.717) is 5.56 Å². The van der Waals surface area contributed by atoms with Gasteiger partial charge in [-0.15, -0.1) is 0 Å². The highest BCUT2D eigenvalue weighted by Crippen LogP contribution is 2.21. The number of halogens is 1. The highest BCUT2D eigenvalue weighted by atomic mass is 79.9. The summed E-state index contributed by atoms with van der Waals surface area (Å²) < 4.78 is 0.870. The Labute approximate surface area is 86.5 Å². The molecular weight excluding hydrogens is 228 g/mol. The minimum atomic E-state index is 0.116. The number of hydrogen-bond acceptors (Lipinski definition) is 2. The molecule has 13 heavy (non-hydrogen) atoms. The maximum Gasteiger partial charge on any atom is 0.100 e. The van der Waals surface area contributed by atoms with Crippen molar-refractivity contribution in [2.24, 2.45) is 5.73 Å². The molecule has 0 saturated heterocycles. The Morgan fingerprint density at radius 2 is 2.31 bits per heavy atom. The van der Waals surface area contributed by atoms with E-state index in [-0.39, 0.29) is 6.04 Å². The molecule has 1 unspecified atom stereocenters. The van der Waals surface area contributed by atoms with Crippen molar-refractivity contribution < 1.29 is 0 Å². The summed E-state index contributed by atoms with van der Waals surface area (Å²) in [6.45, 7) is 1.95. The summed E-state index contributed by atoms with van der Waals surface area (Å²) in [5.74, 6) is 0. The SMILES string of the molecule is CC(N)Cc1cccc(C#N)c1Br. The van der Waals surface area contributed by atoms with Crippen LogP contribution >= 0.6 is 15.9 Å². The normalized spacial score (nSPS) is 12.2. The van der Waals surface area contributed by atoms with Crippen molar-refractivity contribution in [2.75, 3.05) is 0 Å². The van der Waals surface area contributed by atoms with E-state index in [2.05, 4.69) is 22.0 Å². The number of rotatable bonds is 2. The van der Waals surface area contributed by atoms with Gasteiger partial charge < -0.3 is 5.73 Å². The molecule has 0 aliphatic rings. The summed E-state index contributed by atoms with van der Waals surface area (Å²) in [6, 6.07) is 7.88. The Morgan fingerprint density at radius 1 is 1.62 bits per heavy atom. The summed E-state index contributed by atoms with van der Waals surface area (Å²) >= 11 is 3.39. The fourth-order valence-corrected chi connectivity index (χ4v) is 1.69. The van der Waals surface area contributed by atoms with Gasteiger partial charge in [-0.2, -0.15) is 5.26 Å². The molecule has 0 aliphatic heterocycles. The second-order valence-corrected chi connectivity index (χ2v) is 3.86. The van der Waals surface area contributed by atoms with Crippen LogP contribution in [0.3, 0.4) is 0 Å². The third-order valence-corrected chi connectivity index (χ3v) is 2.68. The molecule has 0 heterocycles. The minimum absolute atomic E-state index is 0.116. The van der Waals surface area contributed by atoms with E-state index in [4.69, 9.17) is 11.0 Å². The molecule has 0 fully saturated rings. The van der Waals surface area contributed by atoms with Crippen LogP contribution in [-0.4, -0.2) is 6.04 Å². The first-order valence-corrected chi connectivity index (χ1v) is 4.87. The number of nitrogens with two attached hydrogens (primary N) is 1. The van der Waals surface area contributed by atoms with Gasteiger partial charge in [0.15, 0.2) is 0 Å². The van der Waals surface area contributed by atoms with E-state index in [9.17, 15) is 0 Å². The smallest absolute Gasteiger partial charge is 0.100 e. The van der Waals surface area contributed by atoms with Gasteiger partial charge >= 0.3 is 0 Å². The molecule has 0 saturated carbocycles. The van der Waals surface area contributed by atoms with Crippen LogP contribution in [0.15, 0.2) is 22.7 Å². The molecule has 3 heteroatoms. The zero-order valence-electron chi connectivity index (χ0n) is 7.42. The van der Waals surface area contributed by atoms with Gasteiger partial charge in [0.2, 0.25) is 0 Å². The lowest BCUT2D eigenvalue weighted by Gasteiger charge is -2.07. The Balaban J connectivity index is 3.03. The molecule has 0 radical (unpaired) electrons. The van der Waals surface area contributed by atoms with Crippen LogP contribution in [0.5, 0.6) is 0 Å². The Morgan fingerprint density at radius 3 is 2.85 bits per heavy atom. The lowest BCUT2D eigenvalue weighted by Crippen LogP contribution is -2.18. The largest absolute Gasteiger partial charge is 0.328 e. The summed E-state index contributed by atoms with van der Waals surface area (Å²) in [7, 11) is 0. The van der Waals surface area contributed by atoms with Crippen LogP contribution in [0.4, 0.5) is 0 Å². The maximum absolute atomic E-state index is 8.77. The molecule has 0 bridgehead atoms. The third-order valence-electron chi connectivity index (χ3n) is 1.74. The Hall–Kier alpha value is -0.850. The molecule has 0 aliphatic carbocycles. The van der Waals surface area contributed by atoms with Crippen LogP contribution in [0.2, 0.25) is 0 Å². The zero-order valence-corrected chi connectivity index (χ0v) is 9.01. The minimum Gasteiger partial charge on any atom is -0.328 e. The van der Waals surface area contributed by atoms with Gasteiger partial charge in [0, 0.05) is 10.5 Å². The van der Waals surface area contributed by atoms with Gasteiger partial charge in [0.25, 0.3) is 0 Å². The highest BCUT2D eigenvalue weighted by Gasteiger charge is 2.06. The summed E-state index contributed by atoms with van der Waals surface area (Å²) in [6.07, 6.45) is 0.788. The monoisotopic (exact) mass is 238 g/mol. The van der Waals surface area contributed by atoms with Gasteiger partial charge in [-0.3, -0.25) is 0 Å². The Kier molecular flexibility index (Phi) is 3.47.